The lowest BCUT2D eigenvalue weighted by Crippen LogP contribution is -2.31. The van der Waals surface area contributed by atoms with E-state index in [-0.39, 0.29) is 17.8 Å². The van der Waals surface area contributed by atoms with Crippen molar-refractivity contribution in [2.45, 2.75) is 38.1 Å². The molecule has 0 fully saturated rings. The summed E-state index contributed by atoms with van der Waals surface area (Å²) in [6, 6.07) is 0.855. The molecule has 1 atom stereocenters. The Kier molecular flexibility index (Phi) is 4.57. The maximum absolute atomic E-state index is 11.6. The van der Waals surface area contributed by atoms with E-state index < -0.39 is 17.9 Å². The highest BCUT2D eigenvalue weighted by Crippen LogP contribution is 2.25. The van der Waals surface area contributed by atoms with Gasteiger partial charge in [-0.3, -0.25) is 4.79 Å². The van der Waals surface area contributed by atoms with Crippen LogP contribution >= 0.6 is 0 Å². The highest BCUT2D eigenvalue weighted by Gasteiger charge is 2.22. The monoisotopic (exact) mass is 289 g/mol. The van der Waals surface area contributed by atoms with Gasteiger partial charge in [0.25, 0.3) is 5.91 Å². The second-order valence-electron chi connectivity index (χ2n) is 5.12. The molecule has 6 heteroatoms. The van der Waals surface area contributed by atoms with Crippen LogP contribution in [0, 0.1) is 0 Å². The van der Waals surface area contributed by atoms with Gasteiger partial charge in [0.05, 0.1) is 5.56 Å². The number of nitrogens with one attached hydrogen (secondary N) is 1. The summed E-state index contributed by atoms with van der Waals surface area (Å²) in [6.45, 7) is 3.54. The van der Waals surface area contributed by atoms with Crippen molar-refractivity contribution in [3.63, 3.8) is 0 Å². The molecule has 1 unspecified atom stereocenters. The minimum Gasteiger partial charge on any atom is -0.480 e. The van der Waals surface area contributed by atoms with Crippen molar-refractivity contribution in [1.82, 2.24) is 4.98 Å². The van der Waals surface area contributed by atoms with E-state index in [0.717, 1.165) is 36.9 Å². The van der Waals surface area contributed by atoms with Crippen LogP contribution in [-0.2, 0) is 17.6 Å². The summed E-state index contributed by atoms with van der Waals surface area (Å²) in [5.74, 6) is -1.39. The highest BCUT2D eigenvalue weighted by molar-refractivity contribution is 5.98. The number of carbonyl (C=O) groups excluding carboxylic acids is 1. The molecule has 0 aliphatic heterocycles. The minimum absolute atomic E-state index is 0.228. The van der Waals surface area contributed by atoms with Gasteiger partial charge < -0.3 is 16.2 Å². The lowest BCUT2D eigenvalue weighted by atomic mass is 9.94. The maximum atomic E-state index is 11.6. The van der Waals surface area contributed by atoms with Crippen LogP contribution in [0.4, 0.5) is 5.82 Å². The summed E-state index contributed by atoms with van der Waals surface area (Å²) in [6.07, 6.45) is 5.55. The number of aromatic nitrogens is 1. The topological polar surface area (TPSA) is 105 Å². The standard InChI is InChI=1S/C15H19N3O3/c1-2-5-12(15(20)21)18-14-10(13(16)19)8-9-6-3-4-7-11(9)17-14/h2,8,12H,1,3-7H2,(H2,16,19)(H,17,18)(H,20,21). The summed E-state index contributed by atoms with van der Waals surface area (Å²) in [7, 11) is 0. The van der Waals surface area contributed by atoms with Crippen molar-refractivity contribution in [2.24, 2.45) is 5.73 Å². The third kappa shape index (κ3) is 3.39. The summed E-state index contributed by atoms with van der Waals surface area (Å²) >= 11 is 0. The van der Waals surface area contributed by atoms with Gasteiger partial charge in [0.1, 0.15) is 11.9 Å². The lowest BCUT2D eigenvalue weighted by Gasteiger charge is -2.20. The maximum Gasteiger partial charge on any atom is 0.326 e. The number of anilines is 1. The van der Waals surface area contributed by atoms with Crippen LogP contribution in [0.25, 0.3) is 0 Å². The number of nitrogens with two attached hydrogens (primary N) is 1. The molecule has 4 N–H and O–H groups in total. The van der Waals surface area contributed by atoms with Crippen LogP contribution in [0.2, 0.25) is 0 Å². The quantitative estimate of drug-likeness (QED) is 0.688. The van der Waals surface area contributed by atoms with Crippen molar-refractivity contribution >= 4 is 17.7 Å². The van der Waals surface area contributed by atoms with E-state index >= 15 is 0 Å². The molecule has 0 bridgehead atoms. The van der Waals surface area contributed by atoms with Crippen LogP contribution in [0.5, 0.6) is 0 Å². The Hall–Kier alpha value is -2.37. The van der Waals surface area contributed by atoms with Gasteiger partial charge in [-0.25, -0.2) is 9.78 Å². The number of primary amides is 1. The lowest BCUT2D eigenvalue weighted by molar-refractivity contribution is -0.137. The first kappa shape index (κ1) is 15.0. The van der Waals surface area contributed by atoms with Crippen molar-refractivity contribution in [2.75, 3.05) is 5.32 Å². The van der Waals surface area contributed by atoms with Crippen LogP contribution < -0.4 is 11.1 Å². The molecule has 1 aliphatic rings. The molecular formula is C15H19N3O3. The van der Waals surface area contributed by atoms with Gasteiger partial charge in [0.15, 0.2) is 0 Å². The molecule has 1 heterocycles. The Labute approximate surface area is 123 Å². The average Bonchev–Trinajstić information content (AvgIpc) is 2.45. The fraction of sp³-hybridized carbons (Fsp3) is 0.400. The second kappa shape index (κ2) is 6.39. The van der Waals surface area contributed by atoms with Gasteiger partial charge in [-0.2, -0.15) is 0 Å². The number of aryl methyl sites for hydroxylation is 2. The molecule has 1 aromatic rings. The van der Waals surface area contributed by atoms with Crippen LogP contribution in [0.3, 0.4) is 0 Å². The number of carbonyl (C=O) groups is 2. The first-order valence-electron chi connectivity index (χ1n) is 6.95. The number of nitrogens with zero attached hydrogens (tertiary/aromatic N) is 1. The van der Waals surface area contributed by atoms with Crippen molar-refractivity contribution in [1.29, 1.82) is 0 Å². The fourth-order valence-electron chi connectivity index (χ4n) is 2.48. The molecule has 1 aromatic heterocycles. The van der Waals surface area contributed by atoms with E-state index in [1.165, 1.54) is 6.08 Å². The Morgan fingerprint density at radius 1 is 1.48 bits per heavy atom. The predicted molar refractivity (Wildman–Crippen MR) is 79.3 cm³/mol. The number of amides is 1. The zero-order valence-electron chi connectivity index (χ0n) is 11.8. The van der Waals surface area contributed by atoms with Gasteiger partial charge in [0, 0.05) is 5.69 Å². The van der Waals surface area contributed by atoms with E-state index in [1.807, 2.05) is 0 Å². The summed E-state index contributed by atoms with van der Waals surface area (Å²) in [5.41, 5.74) is 7.57. The molecule has 6 nitrogen and oxygen atoms in total. The third-order valence-corrected chi connectivity index (χ3v) is 3.58. The SMILES string of the molecule is C=CCC(Nc1nc2c(cc1C(N)=O)CCCC2)C(=O)O. The number of carboxylic acids is 1. The summed E-state index contributed by atoms with van der Waals surface area (Å²) < 4.78 is 0. The molecule has 0 spiro atoms. The zero-order chi connectivity index (χ0) is 15.4. The second-order valence-corrected chi connectivity index (χ2v) is 5.12. The third-order valence-electron chi connectivity index (χ3n) is 3.58. The van der Waals surface area contributed by atoms with Gasteiger partial charge in [-0.15, -0.1) is 6.58 Å². The molecule has 0 aromatic carbocycles. The number of fused-ring (bicyclic) bond motifs is 1. The number of hydrogen-bond acceptors (Lipinski definition) is 4. The van der Waals surface area contributed by atoms with Gasteiger partial charge in [-0.1, -0.05) is 6.08 Å². The Balaban J connectivity index is 2.38. The molecule has 1 aliphatic carbocycles. The first-order valence-corrected chi connectivity index (χ1v) is 6.95. The number of carboxylic acid groups (broad SMARTS) is 1. The molecule has 0 radical (unpaired) electrons. The van der Waals surface area contributed by atoms with Crippen LogP contribution in [0.15, 0.2) is 18.7 Å². The summed E-state index contributed by atoms with van der Waals surface area (Å²) in [5, 5.41) is 12.0. The normalized spacial score (nSPS) is 14.9. The molecule has 2 rings (SSSR count). The zero-order valence-corrected chi connectivity index (χ0v) is 11.8. The predicted octanol–water partition coefficient (Wildman–Crippen LogP) is 1.50. The highest BCUT2D eigenvalue weighted by atomic mass is 16.4. The molecule has 1 amide bonds. The van der Waals surface area contributed by atoms with E-state index in [0.29, 0.717) is 0 Å². The Bertz CT molecular complexity index is 584. The molecule has 21 heavy (non-hydrogen) atoms. The minimum atomic E-state index is -1.02. The number of pyridine rings is 1. The van der Waals surface area contributed by atoms with Crippen molar-refractivity contribution in [3.05, 3.63) is 35.5 Å². The molecule has 0 saturated heterocycles. The van der Waals surface area contributed by atoms with Crippen molar-refractivity contribution in [3.8, 4) is 0 Å². The van der Waals surface area contributed by atoms with Crippen molar-refractivity contribution < 1.29 is 14.7 Å². The number of hydrogen-bond donors (Lipinski definition) is 3. The Morgan fingerprint density at radius 3 is 2.81 bits per heavy atom. The van der Waals surface area contributed by atoms with Gasteiger partial charge in [0.2, 0.25) is 0 Å². The molecule has 112 valence electrons. The summed E-state index contributed by atoms with van der Waals surface area (Å²) in [4.78, 5) is 27.2. The molecule has 0 saturated carbocycles. The van der Waals surface area contributed by atoms with E-state index in [9.17, 15) is 14.7 Å². The van der Waals surface area contributed by atoms with Crippen LogP contribution in [0.1, 0.15) is 40.9 Å². The molecular weight excluding hydrogens is 270 g/mol. The smallest absolute Gasteiger partial charge is 0.326 e. The number of aliphatic carboxylic acids is 1. The van der Waals surface area contributed by atoms with E-state index in [1.54, 1.807) is 6.07 Å². The first-order chi connectivity index (χ1) is 10.0. The average molecular weight is 289 g/mol. The van der Waals surface area contributed by atoms with Gasteiger partial charge >= 0.3 is 5.97 Å². The van der Waals surface area contributed by atoms with E-state index in [4.69, 9.17) is 5.73 Å². The number of rotatable bonds is 6. The van der Waals surface area contributed by atoms with Gasteiger partial charge in [-0.05, 0) is 43.7 Å². The van der Waals surface area contributed by atoms with Crippen LogP contribution in [-0.4, -0.2) is 28.0 Å². The largest absolute Gasteiger partial charge is 0.480 e. The Morgan fingerprint density at radius 2 is 2.19 bits per heavy atom. The fourth-order valence-corrected chi connectivity index (χ4v) is 2.48. The van der Waals surface area contributed by atoms with E-state index in [2.05, 4.69) is 16.9 Å².